The van der Waals surface area contributed by atoms with E-state index in [0.29, 0.717) is 10.8 Å². The van der Waals surface area contributed by atoms with E-state index in [1.54, 1.807) is 32.0 Å². The van der Waals surface area contributed by atoms with Crippen molar-refractivity contribution in [1.82, 2.24) is 0 Å². The fraction of sp³-hybridized carbons (Fsp3) is 0.500. The van der Waals surface area contributed by atoms with E-state index in [1.165, 1.54) is 0 Å². The number of halogens is 2. The van der Waals surface area contributed by atoms with Crippen LogP contribution in [0.15, 0.2) is 18.2 Å². The van der Waals surface area contributed by atoms with Crippen LogP contribution < -0.4 is 4.74 Å². The van der Waals surface area contributed by atoms with Gasteiger partial charge in [0.15, 0.2) is 0 Å². The summed E-state index contributed by atoms with van der Waals surface area (Å²) in [6.07, 6.45) is 0. The molecule has 0 radical (unpaired) electrons. The van der Waals surface area contributed by atoms with Gasteiger partial charge in [0.25, 0.3) is 0 Å². The zero-order valence-corrected chi connectivity index (χ0v) is 12.9. The molecule has 18 heavy (non-hydrogen) atoms. The predicted octanol–water partition coefficient (Wildman–Crippen LogP) is 3.62. The smallest absolute Gasteiger partial charge is 0.233 e. The number of hydrogen-bond donors (Lipinski definition) is 0. The van der Waals surface area contributed by atoms with Crippen LogP contribution in [0, 0.1) is 12.3 Å². The highest BCUT2D eigenvalue weighted by atomic mass is 35.7. The first-order valence-electron chi connectivity index (χ1n) is 5.40. The van der Waals surface area contributed by atoms with Crippen LogP contribution in [-0.4, -0.2) is 20.8 Å². The van der Waals surface area contributed by atoms with Crippen LogP contribution >= 0.6 is 22.3 Å². The van der Waals surface area contributed by atoms with Crippen molar-refractivity contribution in [3.05, 3.63) is 28.8 Å². The van der Waals surface area contributed by atoms with Gasteiger partial charge in [0.05, 0.1) is 12.4 Å². The molecule has 6 heteroatoms. The summed E-state index contributed by atoms with van der Waals surface area (Å²) < 4.78 is 27.7. The molecule has 3 nitrogen and oxygen atoms in total. The summed E-state index contributed by atoms with van der Waals surface area (Å²) in [5.74, 6) is 0.563. The minimum Gasteiger partial charge on any atom is -0.493 e. The van der Waals surface area contributed by atoms with Crippen LogP contribution in [0.2, 0.25) is 5.02 Å². The first kappa shape index (κ1) is 15.6. The van der Waals surface area contributed by atoms with Crippen molar-refractivity contribution in [3.63, 3.8) is 0 Å². The van der Waals surface area contributed by atoms with Gasteiger partial charge in [0.1, 0.15) is 5.75 Å². The lowest BCUT2D eigenvalue weighted by molar-refractivity contribution is 0.199. The van der Waals surface area contributed by atoms with Crippen molar-refractivity contribution in [2.45, 2.75) is 20.8 Å². The highest BCUT2D eigenvalue weighted by molar-refractivity contribution is 8.13. The molecule has 0 atom stereocenters. The Balaban J connectivity index is 2.70. The first-order valence-corrected chi connectivity index (χ1v) is 8.26. The topological polar surface area (TPSA) is 43.4 Å². The van der Waals surface area contributed by atoms with Crippen LogP contribution in [0.4, 0.5) is 0 Å². The maximum Gasteiger partial charge on any atom is 0.233 e. The van der Waals surface area contributed by atoms with E-state index in [2.05, 4.69) is 0 Å². The van der Waals surface area contributed by atoms with E-state index in [1.807, 2.05) is 6.92 Å². The Morgan fingerprint density at radius 1 is 1.33 bits per heavy atom. The Labute approximate surface area is 117 Å². The first-order chi connectivity index (χ1) is 8.09. The fourth-order valence-corrected chi connectivity index (χ4v) is 3.69. The lowest BCUT2D eigenvalue weighted by Gasteiger charge is -2.23. The summed E-state index contributed by atoms with van der Waals surface area (Å²) in [6.45, 7) is 5.73. The molecular formula is C12H16Cl2O3S. The Hall–Kier alpha value is -0.450. The largest absolute Gasteiger partial charge is 0.493 e. The van der Waals surface area contributed by atoms with Crippen molar-refractivity contribution in [2.24, 2.45) is 5.41 Å². The number of benzene rings is 1. The minimum atomic E-state index is -3.53. The van der Waals surface area contributed by atoms with Crippen molar-refractivity contribution in [3.8, 4) is 5.75 Å². The van der Waals surface area contributed by atoms with E-state index in [9.17, 15) is 8.42 Å². The van der Waals surface area contributed by atoms with Gasteiger partial charge in [-0.3, -0.25) is 0 Å². The average Bonchev–Trinajstić information content (AvgIpc) is 2.12. The van der Waals surface area contributed by atoms with Crippen molar-refractivity contribution in [1.29, 1.82) is 0 Å². The van der Waals surface area contributed by atoms with Gasteiger partial charge in [-0.1, -0.05) is 25.4 Å². The summed E-state index contributed by atoms with van der Waals surface area (Å²) in [5.41, 5.74) is 0.360. The molecular weight excluding hydrogens is 295 g/mol. The quantitative estimate of drug-likeness (QED) is 0.780. The molecule has 0 aliphatic carbocycles. The van der Waals surface area contributed by atoms with E-state index >= 15 is 0 Å². The van der Waals surface area contributed by atoms with Crippen LogP contribution in [0.3, 0.4) is 0 Å². The van der Waals surface area contributed by atoms with E-state index < -0.39 is 14.5 Å². The molecule has 0 aliphatic rings. The molecule has 0 saturated heterocycles. The zero-order chi connectivity index (χ0) is 14.0. The monoisotopic (exact) mass is 310 g/mol. The van der Waals surface area contributed by atoms with Crippen molar-refractivity contribution < 1.29 is 13.2 Å². The molecule has 1 aromatic carbocycles. The van der Waals surface area contributed by atoms with Crippen LogP contribution in [0.25, 0.3) is 0 Å². The second-order valence-electron chi connectivity index (χ2n) is 5.05. The van der Waals surface area contributed by atoms with Crippen molar-refractivity contribution >= 4 is 31.3 Å². The Morgan fingerprint density at radius 3 is 2.44 bits per heavy atom. The standard InChI is InChI=1S/C12H16Cl2O3S/c1-9-6-10(13)4-5-11(9)17-7-12(2,3)8-18(14,15)16/h4-6H,7-8H2,1-3H3. The fourth-order valence-electron chi connectivity index (χ4n) is 1.56. The molecule has 0 amide bonds. The van der Waals surface area contributed by atoms with E-state index in [4.69, 9.17) is 27.0 Å². The van der Waals surface area contributed by atoms with Gasteiger partial charge in [0, 0.05) is 21.1 Å². The van der Waals surface area contributed by atoms with E-state index in [0.717, 1.165) is 5.56 Å². The SMILES string of the molecule is Cc1cc(Cl)ccc1OCC(C)(C)CS(=O)(=O)Cl. The van der Waals surface area contributed by atoms with Crippen LogP contribution in [0.5, 0.6) is 5.75 Å². The van der Waals surface area contributed by atoms with Gasteiger partial charge < -0.3 is 4.74 Å². The highest BCUT2D eigenvalue weighted by Gasteiger charge is 2.26. The normalized spacial score (nSPS) is 12.5. The third kappa shape index (κ3) is 5.46. The van der Waals surface area contributed by atoms with Crippen LogP contribution in [-0.2, 0) is 9.05 Å². The summed E-state index contributed by atoms with van der Waals surface area (Å²) in [6, 6.07) is 5.29. The van der Waals surface area contributed by atoms with Gasteiger partial charge in [-0.2, -0.15) is 0 Å². The molecule has 1 aromatic rings. The number of ether oxygens (including phenoxy) is 1. The zero-order valence-electron chi connectivity index (χ0n) is 10.5. The van der Waals surface area contributed by atoms with Gasteiger partial charge in [-0.15, -0.1) is 0 Å². The maximum atomic E-state index is 11.1. The predicted molar refractivity (Wildman–Crippen MR) is 75.1 cm³/mol. The molecule has 0 aromatic heterocycles. The Bertz CT molecular complexity index is 524. The third-order valence-corrected chi connectivity index (χ3v) is 4.01. The second kappa shape index (κ2) is 5.68. The average molecular weight is 311 g/mol. The summed E-state index contributed by atoms with van der Waals surface area (Å²) >= 11 is 5.84. The lowest BCUT2D eigenvalue weighted by atomic mass is 9.98. The molecule has 0 heterocycles. The van der Waals surface area contributed by atoms with Crippen LogP contribution in [0.1, 0.15) is 19.4 Å². The Morgan fingerprint density at radius 2 is 1.94 bits per heavy atom. The minimum absolute atomic E-state index is 0.131. The summed E-state index contributed by atoms with van der Waals surface area (Å²) in [4.78, 5) is 0. The Kier molecular flexibility index (Phi) is 4.92. The molecule has 102 valence electrons. The van der Waals surface area contributed by atoms with E-state index in [-0.39, 0.29) is 12.4 Å². The van der Waals surface area contributed by atoms with Gasteiger partial charge in [0.2, 0.25) is 9.05 Å². The number of rotatable bonds is 5. The summed E-state index contributed by atoms with van der Waals surface area (Å²) in [7, 11) is 1.72. The van der Waals surface area contributed by atoms with Crippen molar-refractivity contribution in [2.75, 3.05) is 12.4 Å². The number of aryl methyl sites for hydroxylation is 1. The lowest BCUT2D eigenvalue weighted by Crippen LogP contribution is -2.28. The second-order valence-corrected chi connectivity index (χ2v) is 8.26. The molecule has 0 spiro atoms. The maximum absolute atomic E-state index is 11.1. The molecule has 0 aliphatic heterocycles. The number of hydrogen-bond acceptors (Lipinski definition) is 3. The molecule has 0 unspecified atom stereocenters. The molecule has 0 saturated carbocycles. The summed E-state index contributed by atoms with van der Waals surface area (Å²) in [5, 5.41) is 0.641. The highest BCUT2D eigenvalue weighted by Crippen LogP contribution is 2.26. The van der Waals surface area contributed by atoms with Gasteiger partial charge >= 0.3 is 0 Å². The molecule has 0 fully saturated rings. The molecule has 1 rings (SSSR count). The third-order valence-electron chi connectivity index (χ3n) is 2.32. The van der Waals surface area contributed by atoms with Gasteiger partial charge in [-0.25, -0.2) is 8.42 Å². The van der Waals surface area contributed by atoms with Gasteiger partial charge in [-0.05, 0) is 30.7 Å². The molecule has 0 bridgehead atoms. The molecule has 0 N–H and O–H groups in total.